The molecule has 0 aliphatic carbocycles. The number of nitrogens with zero attached hydrogens (tertiary/aromatic N) is 5. The predicted molar refractivity (Wildman–Crippen MR) is 69.0 cm³/mol. The molecule has 6 nitrogen and oxygen atoms in total. The van der Waals surface area contributed by atoms with Crippen molar-refractivity contribution >= 4 is 28.5 Å². The summed E-state index contributed by atoms with van der Waals surface area (Å²) < 4.78 is 1.88. The van der Waals surface area contributed by atoms with Crippen LogP contribution in [0.3, 0.4) is 0 Å². The quantitative estimate of drug-likeness (QED) is 0.673. The Labute approximate surface area is 107 Å². The Morgan fingerprint density at radius 2 is 2.06 bits per heavy atom. The van der Waals surface area contributed by atoms with Crippen molar-refractivity contribution in [1.82, 2.24) is 24.5 Å². The third-order valence-electron chi connectivity index (χ3n) is 2.62. The van der Waals surface area contributed by atoms with Crippen LogP contribution >= 0.6 is 11.6 Å². The van der Waals surface area contributed by atoms with Crippen LogP contribution in [0.15, 0.2) is 24.7 Å². The average Bonchev–Trinajstić information content (AvgIpc) is 2.75. The van der Waals surface area contributed by atoms with Gasteiger partial charge in [0.2, 0.25) is 5.28 Å². The van der Waals surface area contributed by atoms with E-state index in [4.69, 9.17) is 17.3 Å². The highest BCUT2D eigenvalue weighted by Gasteiger charge is 2.09. The maximum atomic E-state index is 5.80. The number of rotatable bonds is 1. The highest BCUT2D eigenvalue weighted by Crippen LogP contribution is 2.22. The van der Waals surface area contributed by atoms with E-state index in [1.54, 1.807) is 12.5 Å². The normalized spacial score (nSPS) is 11.0. The molecule has 3 heterocycles. The van der Waals surface area contributed by atoms with Gasteiger partial charge in [0.25, 0.3) is 0 Å². The first-order valence-corrected chi connectivity index (χ1v) is 5.59. The number of aromatic nitrogens is 5. The third-order valence-corrected chi connectivity index (χ3v) is 2.79. The largest absolute Gasteiger partial charge is 0.382 e. The van der Waals surface area contributed by atoms with E-state index < -0.39 is 0 Å². The van der Waals surface area contributed by atoms with Crippen LogP contribution in [0.2, 0.25) is 5.28 Å². The van der Waals surface area contributed by atoms with Gasteiger partial charge in [-0.3, -0.25) is 0 Å². The van der Waals surface area contributed by atoms with Crippen molar-refractivity contribution in [3.05, 3.63) is 29.9 Å². The molecule has 2 N–H and O–H groups in total. The van der Waals surface area contributed by atoms with Gasteiger partial charge in [0, 0.05) is 7.05 Å². The molecule has 0 aromatic carbocycles. The van der Waals surface area contributed by atoms with Gasteiger partial charge in [-0.05, 0) is 23.7 Å². The minimum atomic E-state index is 0.120. The Morgan fingerprint density at radius 3 is 2.78 bits per heavy atom. The molecular formula is C11H9ClN6. The lowest BCUT2D eigenvalue weighted by Gasteiger charge is -2.05. The molecule has 18 heavy (non-hydrogen) atoms. The molecule has 0 spiro atoms. The van der Waals surface area contributed by atoms with Crippen LogP contribution in [0.4, 0.5) is 5.82 Å². The second kappa shape index (κ2) is 3.92. The van der Waals surface area contributed by atoms with Crippen LogP contribution in [0, 0.1) is 0 Å². The van der Waals surface area contributed by atoms with E-state index in [9.17, 15) is 0 Å². The van der Waals surface area contributed by atoms with Crippen LogP contribution in [0.5, 0.6) is 0 Å². The maximum absolute atomic E-state index is 5.80. The molecule has 0 unspecified atom stereocenters. The molecule has 90 valence electrons. The van der Waals surface area contributed by atoms with Gasteiger partial charge >= 0.3 is 0 Å². The van der Waals surface area contributed by atoms with Crippen molar-refractivity contribution in [2.75, 3.05) is 5.73 Å². The predicted octanol–water partition coefficient (Wildman–Crippen LogP) is 1.66. The molecule has 0 saturated carbocycles. The smallest absolute Gasteiger partial charge is 0.225 e. The summed E-state index contributed by atoms with van der Waals surface area (Å²) in [6.45, 7) is 0. The SMILES string of the molecule is Cn1cncc1-c1ccc2nc(Cl)nc(N)c2n1. The lowest BCUT2D eigenvalue weighted by atomic mass is 10.2. The molecule has 0 fully saturated rings. The number of halogens is 1. The first-order chi connectivity index (χ1) is 8.65. The van der Waals surface area contributed by atoms with E-state index in [1.807, 2.05) is 23.7 Å². The Morgan fingerprint density at radius 1 is 1.22 bits per heavy atom. The summed E-state index contributed by atoms with van der Waals surface area (Å²) in [5.41, 5.74) is 8.62. The summed E-state index contributed by atoms with van der Waals surface area (Å²) in [6, 6.07) is 3.66. The molecule has 0 bridgehead atoms. The summed E-state index contributed by atoms with van der Waals surface area (Å²) >= 11 is 5.74. The number of nitrogen functional groups attached to an aromatic ring is 1. The van der Waals surface area contributed by atoms with Gasteiger partial charge in [-0.15, -0.1) is 0 Å². The fourth-order valence-electron chi connectivity index (χ4n) is 1.75. The van der Waals surface area contributed by atoms with Crippen molar-refractivity contribution in [3.8, 4) is 11.4 Å². The zero-order valence-corrected chi connectivity index (χ0v) is 10.3. The van der Waals surface area contributed by atoms with Crippen LogP contribution < -0.4 is 5.73 Å². The van der Waals surface area contributed by atoms with Crippen LogP contribution in [-0.2, 0) is 7.05 Å². The van der Waals surface area contributed by atoms with Crippen molar-refractivity contribution in [2.45, 2.75) is 0 Å². The third kappa shape index (κ3) is 1.67. The topological polar surface area (TPSA) is 82.5 Å². The lowest BCUT2D eigenvalue weighted by Crippen LogP contribution is -1.99. The number of fused-ring (bicyclic) bond motifs is 1. The lowest BCUT2D eigenvalue weighted by molar-refractivity contribution is 0.917. The van der Waals surface area contributed by atoms with Gasteiger partial charge in [-0.1, -0.05) is 0 Å². The Kier molecular flexibility index (Phi) is 2.38. The fraction of sp³-hybridized carbons (Fsp3) is 0.0909. The molecule has 0 aliphatic heterocycles. The van der Waals surface area contributed by atoms with E-state index >= 15 is 0 Å². The van der Waals surface area contributed by atoms with E-state index in [1.165, 1.54) is 0 Å². The van der Waals surface area contributed by atoms with E-state index in [2.05, 4.69) is 19.9 Å². The van der Waals surface area contributed by atoms with Gasteiger partial charge in [0.1, 0.15) is 5.52 Å². The van der Waals surface area contributed by atoms with Gasteiger partial charge in [0.15, 0.2) is 5.82 Å². The molecule has 3 rings (SSSR count). The summed E-state index contributed by atoms with van der Waals surface area (Å²) in [5, 5.41) is 0.120. The van der Waals surface area contributed by atoms with Gasteiger partial charge in [-0.25, -0.2) is 15.0 Å². The van der Waals surface area contributed by atoms with E-state index in [-0.39, 0.29) is 11.1 Å². The molecule has 0 atom stereocenters. The highest BCUT2D eigenvalue weighted by atomic mass is 35.5. The van der Waals surface area contributed by atoms with Crippen molar-refractivity contribution in [1.29, 1.82) is 0 Å². The number of imidazole rings is 1. The summed E-state index contributed by atoms with van der Waals surface area (Å²) in [5.74, 6) is 0.272. The standard InChI is InChI=1S/C11H9ClN6/c1-18-5-14-4-8(18)6-2-3-7-9(15-6)10(13)17-11(12)16-7/h2-5H,1H3,(H2,13,16,17). The molecular weight excluding hydrogens is 252 g/mol. The second-order valence-electron chi connectivity index (χ2n) is 3.83. The summed E-state index contributed by atoms with van der Waals surface area (Å²) in [4.78, 5) is 16.5. The maximum Gasteiger partial charge on any atom is 0.225 e. The molecule has 0 radical (unpaired) electrons. The first kappa shape index (κ1) is 10.9. The van der Waals surface area contributed by atoms with Gasteiger partial charge in [0.05, 0.1) is 29.4 Å². The van der Waals surface area contributed by atoms with Crippen molar-refractivity contribution < 1.29 is 0 Å². The van der Waals surface area contributed by atoms with E-state index in [0.29, 0.717) is 11.0 Å². The summed E-state index contributed by atoms with van der Waals surface area (Å²) in [6.07, 6.45) is 3.45. The molecule has 3 aromatic heterocycles. The molecule has 7 heteroatoms. The minimum Gasteiger partial charge on any atom is -0.382 e. The summed E-state index contributed by atoms with van der Waals surface area (Å²) in [7, 11) is 1.90. The molecule has 0 amide bonds. The Hall–Kier alpha value is -2.21. The highest BCUT2D eigenvalue weighted by molar-refractivity contribution is 6.28. The fourth-order valence-corrected chi connectivity index (χ4v) is 1.94. The van der Waals surface area contributed by atoms with Crippen molar-refractivity contribution in [2.24, 2.45) is 7.05 Å². The number of hydrogen-bond acceptors (Lipinski definition) is 5. The minimum absolute atomic E-state index is 0.120. The average molecular weight is 261 g/mol. The van der Waals surface area contributed by atoms with Crippen LogP contribution in [0.25, 0.3) is 22.4 Å². The molecule has 0 saturated heterocycles. The second-order valence-corrected chi connectivity index (χ2v) is 4.17. The van der Waals surface area contributed by atoms with Gasteiger partial charge < -0.3 is 10.3 Å². The zero-order chi connectivity index (χ0) is 12.7. The van der Waals surface area contributed by atoms with Crippen molar-refractivity contribution in [3.63, 3.8) is 0 Å². The number of pyridine rings is 1. The Bertz CT molecular complexity index is 735. The molecule has 0 aliphatic rings. The molecule has 3 aromatic rings. The number of hydrogen-bond donors (Lipinski definition) is 1. The zero-order valence-electron chi connectivity index (χ0n) is 9.50. The number of anilines is 1. The van der Waals surface area contributed by atoms with E-state index in [0.717, 1.165) is 11.4 Å². The van der Waals surface area contributed by atoms with Crippen LogP contribution in [0.1, 0.15) is 0 Å². The monoisotopic (exact) mass is 260 g/mol. The number of nitrogens with two attached hydrogens (primary N) is 1. The van der Waals surface area contributed by atoms with Crippen LogP contribution in [-0.4, -0.2) is 24.5 Å². The Balaban J connectivity index is 2.26. The first-order valence-electron chi connectivity index (χ1n) is 5.21. The van der Waals surface area contributed by atoms with Gasteiger partial charge in [-0.2, -0.15) is 4.98 Å². The number of aryl methyl sites for hydroxylation is 1.